The number of hydrogen-bond acceptors (Lipinski definition) is 3. The third kappa shape index (κ3) is 3.03. The summed E-state index contributed by atoms with van der Waals surface area (Å²) in [5.41, 5.74) is 2.83. The molecule has 1 aromatic heterocycles. The van der Waals surface area contributed by atoms with Gasteiger partial charge in [0.1, 0.15) is 5.54 Å². The molecule has 0 amide bonds. The van der Waals surface area contributed by atoms with Crippen molar-refractivity contribution in [1.29, 1.82) is 0 Å². The summed E-state index contributed by atoms with van der Waals surface area (Å²) in [7, 11) is 1.90. The van der Waals surface area contributed by atoms with E-state index in [-0.39, 0.29) is 0 Å². The van der Waals surface area contributed by atoms with E-state index in [1.54, 1.807) is 6.33 Å². The van der Waals surface area contributed by atoms with E-state index in [4.69, 9.17) is 0 Å². The van der Waals surface area contributed by atoms with Crippen LogP contribution in [-0.4, -0.2) is 22.6 Å². The van der Waals surface area contributed by atoms with E-state index < -0.39 is 17.3 Å². The second kappa shape index (κ2) is 6.02. The minimum atomic E-state index is -4.34. The minimum Gasteiger partial charge on any atom is -0.370 e. The highest BCUT2D eigenvalue weighted by atomic mass is 19.4. The lowest BCUT2D eigenvalue weighted by atomic mass is 9.81. The van der Waals surface area contributed by atoms with Crippen molar-refractivity contribution in [3.05, 3.63) is 71.3 Å². The van der Waals surface area contributed by atoms with Gasteiger partial charge in [-0.3, -0.25) is 0 Å². The zero-order valence-corrected chi connectivity index (χ0v) is 14.3. The summed E-state index contributed by atoms with van der Waals surface area (Å²) in [4.78, 5) is 4.50. The number of halogens is 3. The molecular weight excluding hydrogens is 341 g/mol. The predicted octanol–water partition coefficient (Wildman–Crippen LogP) is 3.61. The van der Waals surface area contributed by atoms with Crippen LogP contribution < -0.4 is 10.6 Å². The second-order valence-corrected chi connectivity index (χ2v) is 6.84. The molecule has 4 nitrogen and oxygen atoms in total. The predicted molar refractivity (Wildman–Crippen MR) is 93.6 cm³/mol. The van der Waals surface area contributed by atoms with Gasteiger partial charge in [-0.2, -0.15) is 13.2 Å². The first-order chi connectivity index (χ1) is 12.4. The number of anilines is 1. The Morgan fingerprint density at radius 1 is 1.19 bits per heavy atom. The Hall–Kier alpha value is -2.54. The molecule has 4 rings (SSSR count). The monoisotopic (exact) mass is 360 g/mol. The number of hydrogen-bond donors (Lipinski definition) is 2. The first-order valence-electron chi connectivity index (χ1n) is 8.40. The Morgan fingerprint density at radius 3 is 2.62 bits per heavy atom. The molecule has 136 valence electrons. The van der Waals surface area contributed by atoms with Crippen LogP contribution in [0.15, 0.2) is 60.1 Å². The standard InChI is InChI=1S/C19H19F3N4/c1-26-11-17(24-12-26)18(7-6-13-9-23-10-14(13)8-18)25-16-4-2-15(3-5-16)19(20,21)22/h2-7,11-12,23,25H,8-10H2,1H3. The van der Waals surface area contributed by atoms with E-state index in [1.807, 2.05) is 17.8 Å². The van der Waals surface area contributed by atoms with Gasteiger partial charge in [0, 0.05) is 38.4 Å². The maximum absolute atomic E-state index is 12.8. The van der Waals surface area contributed by atoms with Gasteiger partial charge in [0.05, 0.1) is 17.6 Å². The topological polar surface area (TPSA) is 41.9 Å². The molecule has 2 aliphatic rings. The average Bonchev–Trinajstić information content (AvgIpc) is 3.23. The van der Waals surface area contributed by atoms with Crippen molar-refractivity contribution in [2.75, 3.05) is 18.4 Å². The van der Waals surface area contributed by atoms with Gasteiger partial charge in [0.15, 0.2) is 0 Å². The molecule has 1 unspecified atom stereocenters. The highest BCUT2D eigenvalue weighted by Crippen LogP contribution is 2.39. The molecule has 2 N–H and O–H groups in total. The van der Waals surface area contributed by atoms with Crippen LogP contribution in [0.25, 0.3) is 0 Å². The summed E-state index contributed by atoms with van der Waals surface area (Å²) < 4.78 is 40.3. The zero-order chi connectivity index (χ0) is 18.4. The van der Waals surface area contributed by atoms with E-state index in [0.717, 1.165) is 37.3 Å². The number of imidazole rings is 1. The number of rotatable bonds is 3. The number of aryl methyl sites for hydroxylation is 1. The fourth-order valence-electron chi connectivity index (χ4n) is 3.55. The Morgan fingerprint density at radius 2 is 1.96 bits per heavy atom. The molecule has 0 bridgehead atoms. The summed E-state index contributed by atoms with van der Waals surface area (Å²) in [6.07, 6.45) is 4.22. The SMILES string of the molecule is Cn1cnc(C2(Nc3ccc(C(F)(F)F)cc3)C=CC3=C(CNC3)C2)c1. The van der Waals surface area contributed by atoms with E-state index in [1.165, 1.54) is 23.3 Å². The Bertz CT molecular complexity index is 877. The minimum absolute atomic E-state index is 0.578. The molecule has 1 aliphatic carbocycles. The van der Waals surface area contributed by atoms with Gasteiger partial charge in [-0.25, -0.2) is 4.98 Å². The van der Waals surface area contributed by atoms with E-state index in [9.17, 15) is 13.2 Å². The normalized spacial score (nSPS) is 22.6. The van der Waals surface area contributed by atoms with Gasteiger partial charge in [0.25, 0.3) is 0 Å². The molecule has 26 heavy (non-hydrogen) atoms. The Labute approximate surface area is 149 Å². The first kappa shape index (κ1) is 16.9. The summed E-state index contributed by atoms with van der Waals surface area (Å²) >= 11 is 0. The van der Waals surface area contributed by atoms with Crippen molar-refractivity contribution in [2.45, 2.75) is 18.1 Å². The van der Waals surface area contributed by atoms with E-state index in [2.05, 4.69) is 27.8 Å². The van der Waals surface area contributed by atoms with Crippen molar-refractivity contribution in [3.8, 4) is 0 Å². The summed E-state index contributed by atoms with van der Waals surface area (Å²) in [5.74, 6) is 0. The molecule has 0 spiro atoms. The van der Waals surface area contributed by atoms with Gasteiger partial charge in [-0.05, 0) is 35.4 Å². The zero-order valence-electron chi connectivity index (χ0n) is 14.3. The highest BCUT2D eigenvalue weighted by Gasteiger charge is 2.37. The third-order valence-corrected chi connectivity index (χ3v) is 4.91. The number of nitrogens with zero attached hydrogens (tertiary/aromatic N) is 2. The van der Waals surface area contributed by atoms with Crippen LogP contribution in [0.4, 0.5) is 18.9 Å². The summed E-state index contributed by atoms with van der Waals surface area (Å²) in [6, 6.07) is 5.14. The average molecular weight is 360 g/mol. The Kier molecular flexibility index (Phi) is 3.91. The fourth-order valence-corrected chi connectivity index (χ4v) is 3.55. The van der Waals surface area contributed by atoms with Gasteiger partial charge in [-0.1, -0.05) is 12.2 Å². The molecular formula is C19H19F3N4. The van der Waals surface area contributed by atoms with Crippen molar-refractivity contribution in [2.24, 2.45) is 7.05 Å². The molecule has 2 aromatic rings. The van der Waals surface area contributed by atoms with Crippen LogP contribution in [0.3, 0.4) is 0 Å². The molecule has 7 heteroatoms. The molecule has 1 aromatic carbocycles. The quantitative estimate of drug-likeness (QED) is 0.879. The van der Waals surface area contributed by atoms with E-state index >= 15 is 0 Å². The number of alkyl halides is 3. The van der Waals surface area contributed by atoms with Crippen molar-refractivity contribution in [1.82, 2.24) is 14.9 Å². The lowest BCUT2D eigenvalue weighted by molar-refractivity contribution is -0.137. The van der Waals surface area contributed by atoms with Crippen LogP contribution in [0, 0.1) is 0 Å². The van der Waals surface area contributed by atoms with Crippen LogP contribution in [-0.2, 0) is 18.8 Å². The molecule has 0 saturated heterocycles. The smallest absolute Gasteiger partial charge is 0.370 e. The second-order valence-electron chi connectivity index (χ2n) is 6.84. The van der Waals surface area contributed by atoms with Gasteiger partial charge < -0.3 is 15.2 Å². The molecule has 1 aliphatic heterocycles. The number of aromatic nitrogens is 2. The van der Waals surface area contributed by atoms with Crippen molar-refractivity contribution in [3.63, 3.8) is 0 Å². The van der Waals surface area contributed by atoms with Gasteiger partial charge in [-0.15, -0.1) is 0 Å². The van der Waals surface area contributed by atoms with Crippen LogP contribution in [0.1, 0.15) is 17.7 Å². The molecule has 0 radical (unpaired) electrons. The largest absolute Gasteiger partial charge is 0.416 e. The van der Waals surface area contributed by atoms with Crippen molar-refractivity contribution < 1.29 is 13.2 Å². The Balaban J connectivity index is 1.68. The third-order valence-electron chi connectivity index (χ3n) is 4.91. The van der Waals surface area contributed by atoms with Crippen molar-refractivity contribution >= 4 is 5.69 Å². The lowest BCUT2D eigenvalue weighted by Crippen LogP contribution is -2.36. The van der Waals surface area contributed by atoms with E-state index in [0.29, 0.717) is 5.69 Å². The molecule has 0 saturated carbocycles. The maximum atomic E-state index is 12.8. The van der Waals surface area contributed by atoms with Crippen LogP contribution in [0.2, 0.25) is 0 Å². The lowest BCUT2D eigenvalue weighted by Gasteiger charge is -2.34. The fraction of sp³-hybridized carbons (Fsp3) is 0.316. The van der Waals surface area contributed by atoms with Crippen LogP contribution >= 0.6 is 0 Å². The molecule has 2 heterocycles. The molecule has 1 atom stereocenters. The first-order valence-corrected chi connectivity index (χ1v) is 8.40. The summed E-state index contributed by atoms with van der Waals surface area (Å²) in [5, 5.41) is 6.77. The number of nitrogens with one attached hydrogen (secondary N) is 2. The highest BCUT2D eigenvalue weighted by molar-refractivity contribution is 5.54. The molecule has 0 fully saturated rings. The van der Waals surface area contributed by atoms with Gasteiger partial charge in [0.2, 0.25) is 0 Å². The van der Waals surface area contributed by atoms with Crippen LogP contribution in [0.5, 0.6) is 0 Å². The summed E-state index contributed by atoms with van der Waals surface area (Å²) in [6.45, 7) is 1.67. The van der Waals surface area contributed by atoms with Gasteiger partial charge >= 0.3 is 6.18 Å². The maximum Gasteiger partial charge on any atom is 0.416 e. The number of benzene rings is 1.